The first-order valence-electron chi connectivity index (χ1n) is 10.7. The van der Waals surface area contributed by atoms with Gasteiger partial charge < -0.3 is 14.2 Å². The molecular formula is C23H38O6. The molecule has 29 heavy (non-hydrogen) atoms. The van der Waals surface area contributed by atoms with Gasteiger partial charge in [-0.05, 0) is 58.8 Å². The Morgan fingerprint density at radius 3 is 2.24 bits per heavy atom. The molecule has 6 nitrogen and oxygen atoms in total. The Bertz CT molecular complexity index is 564. The van der Waals surface area contributed by atoms with Crippen molar-refractivity contribution in [1.82, 2.24) is 0 Å². The van der Waals surface area contributed by atoms with Crippen molar-refractivity contribution in [2.75, 3.05) is 6.61 Å². The summed E-state index contributed by atoms with van der Waals surface area (Å²) in [6.45, 7) is 13.6. The fraction of sp³-hybridized carbons (Fsp3) is 0.783. The molecule has 0 bridgehead atoms. The molecule has 0 heterocycles. The third kappa shape index (κ3) is 9.01. The molecule has 1 aliphatic rings. The highest BCUT2D eigenvalue weighted by Gasteiger charge is 2.48. The quantitative estimate of drug-likeness (QED) is 0.224. The van der Waals surface area contributed by atoms with Crippen LogP contribution in [-0.4, -0.2) is 35.7 Å². The molecule has 6 heteroatoms. The van der Waals surface area contributed by atoms with E-state index in [0.717, 1.165) is 31.8 Å². The zero-order valence-corrected chi connectivity index (χ0v) is 18.8. The lowest BCUT2D eigenvalue weighted by Gasteiger charge is -2.37. The van der Waals surface area contributed by atoms with Crippen LogP contribution in [-0.2, 0) is 28.6 Å². The SMILES string of the molecule is C=CC(=O)OC1(C(=O)OCCCCCC(C)C)CCC(C(=O)OC(C)(C)C)CC1. The Kier molecular flexibility index (Phi) is 9.87. The lowest BCUT2D eigenvalue weighted by molar-refractivity contribution is -0.187. The van der Waals surface area contributed by atoms with Crippen LogP contribution in [0, 0.1) is 11.8 Å². The van der Waals surface area contributed by atoms with Crippen LogP contribution in [0.1, 0.15) is 86.0 Å². The van der Waals surface area contributed by atoms with Gasteiger partial charge in [0.05, 0.1) is 12.5 Å². The van der Waals surface area contributed by atoms with Gasteiger partial charge in [0.1, 0.15) is 5.60 Å². The molecule has 1 fully saturated rings. The Morgan fingerprint density at radius 1 is 1.10 bits per heavy atom. The van der Waals surface area contributed by atoms with E-state index in [-0.39, 0.29) is 24.7 Å². The second kappa shape index (κ2) is 11.4. The summed E-state index contributed by atoms with van der Waals surface area (Å²) in [6.07, 6.45) is 6.36. The number of unbranched alkanes of at least 4 members (excludes halogenated alkanes) is 2. The number of rotatable bonds is 10. The maximum absolute atomic E-state index is 12.8. The summed E-state index contributed by atoms with van der Waals surface area (Å²) in [5, 5.41) is 0. The van der Waals surface area contributed by atoms with Gasteiger partial charge in [0.25, 0.3) is 0 Å². The topological polar surface area (TPSA) is 78.9 Å². The number of ether oxygens (including phenoxy) is 3. The summed E-state index contributed by atoms with van der Waals surface area (Å²) < 4.78 is 16.3. The van der Waals surface area contributed by atoms with E-state index in [1.54, 1.807) is 0 Å². The van der Waals surface area contributed by atoms with Gasteiger partial charge in [-0.15, -0.1) is 0 Å². The molecule has 1 rings (SSSR count). The summed E-state index contributed by atoms with van der Waals surface area (Å²) in [7, 11) is 0. The number of esters is 3. The first-order chi connectivity index (χ1) is 13.5. The van der Waals surface area contributed by atoms with Gasteiger partial charge >= 0.3 is 17.9 Å². The summed E-state index contributed by atoms with van der Waals surface area (Å²) in [5.41, 5.74) is -1.91. The van der Waals surface area contributed by atoms with E-state index >= 15 is 0 Å². The minimum Gasteiger partial charge on any atom is -0.463 e. The summed E-state index contributed by atoms with van der Waals surface area (Å²) in [6, 6.07) is 0. The van der Waals surface area contributed by atoms with Crippen molar-refractivity contribution in [3.63, 3.8) is 0 Å². The Morgan fingerprint density at radius 2 is 1.72 bits per heavy atom. The highest BCUT2D eigenvalue weighted by atomic mass is 16.6. The largest absolute Gasteiger partial charge is 0.463 e. The van der Waals surface area contributed by atoms with Crippen LogP contribution in [0.15, 0.2) is 12.7 Å². The zero-order valence-electron chi connectivity index (χ0n) is 18.8. The van der Waals surface area contributed by atoms with Crippen LogP contribution in [0.2, 0.25) is 0 Å². The van der Waals surface area contributed by atoms with E-state index in [4.69, 9.17) is 14.2 Å². The minimum absolute atomic E-state index is 0.239. The predicted molar refractivity (Wildman–Crippen MR) is 111 cm³/mol. The Labute approximate surface area is 175 Å². The van der Waals surface area contributed by atoms with Crippen molar-refractivity contribution in [2.24, 2.45) is 11.8 Å². The molecular weight excluding hydrogens is 372 g/mol. The lowest BCUT2D eigenvalue weighted by Crippen LogP contribution is -2.48. The molecule has 0 atom stereocenters. The monoisotopic (exact) mass is 410 g/mol. The van der Waals surface area contributed by atoms with E-state index in [0.29, 0.717) is 25.4 Å². The van der Waals surface area contributed by atoms with Crippen molar-refractivity contribution < 1.29 is 28.6 Å². The van der Waals surface area contributed by atoms with Gasteiger partial charge in [0, 0.05) is 6.08 Å². The van der Waals surface area contributed by atoms with Crippen molar-refractivity contribution in [2.45, 2.75) is 97.2 Å². The first-order valence-corrected chi connectivity index (χ1v) is 10.7. The fourth-order valence-corrected chi connectivity index (χ4v) is 3.41. The minimum atomic E-state index is -1.35. The van der Waals surface area contributed by atoms with Gasteiger partial charge in [-0.3, -0.25) is 4.79 Å². The molecule has 0 aromatic heterocycles. The first kappa shape index (κ1) is 25.2. The van der Waals surface area contributed by atoms with E-state index in [2.05, 4.69) is 20.4 Å². The molecule has 166 valence electrons. The summed E-state index contributed by atoms with van der Waals surface area (Å²) in [4.78, 5) is 36.9. The van der Waals surface area contributed by atoms with Gasteiger partial charge in [-0.1, -0.05) is 39.7 Å². The molecule has 1 aliphatic carbocycles. The van der Waals surface area contributed by atoms with Crippen LogP contribution >= 0.6 is 0 Å². The van der Waals surface area contributed by atoms with Crippen molar-refractivity contribution in [3.05, 3.63) is 12.7 Å². The summed E-state index contributed by atoms with van der Waals surface area (Å²) >= 11 is 0. The predicted octanol–water partition coefficient (Wildman–Crippen LogP) is 4.75. The highest BCUT2D eigenvalue weighted by Crippen LogP contribution is 2.37. The molecule has 0 N–H and O–H groups in total. The highest BCUT2D eigenvalue weighted by molar-refractivity contribution is 5.88. The molecule has 0 aromatic carbocycles. The Hall–Kier alpha value is -1.85. The zero-order chi connectivity index (χ0) is 22.1. The smallest absolute Gasteiger partial charge is 0.350 e. The lowest BCUT2D eigenvalue weighted by atomic mass is 9.78. The summed E-state index contributed by atoms with van der Waals surface area (Å²) in [5.74, 6) is -1.11. The van der Waals surface area contributed by atoms with Gasteiger partial charge in [-0.2, -0.15) is 0 Å². The van der Waals surface area contributed by atoms with Crippen LogP contribution in [0.25, 0.3) is 0 Å². The van der Waals surface area contributed by atoms with Crippen LogP contribution < -0.4 is 0 Å². The molecule has 0 unspecified atom stereocenters. The molecule has 0 spiro atoms. The van der Waals surface area contributed by atoms with E-state index in [1.165, 1.54) is 0 Å². The van der Waals surface area contributed by atoms with Crippen LogP contribution in [0.5, 0.6) is 0 Å². The van der Waals surface area contributed by atoms with E-state index in [9.17, 15) is 14.4 Å². The maximum atomic E-state index is 12.8. The molecule has 0 radical (unpaired) electrons. The van der Waals surface area contributed by atoms with E-state index < -0.39 is 23.1 Å². The Balaban J connectivity index is 2.63. The van der Waals surface area contributed by atoms with E-state index in [1.807, 2.05) is 20.8 Å². The standard InChI is InChI=1S/C23H38O6/c1-7-19(24)28-23(21(26)27-16-10-8-9-11-17(2)3)14-12-18(13-15-23)20(25)29-22(4,5)6/h7,17-18H,1,8-16H2,2-6H3. The van der Waals surface area contributed by atoms with Crippen LogP contribution in [0.3, 0.4) is 0 Å². The molecule has 0 amide bonds. The normalized spacial score (nSPS) is 22.1. The molecule has 0 saturated heterocycles. The molecule has 0 aromatic rings. The van der Waals surface area contributed by atoms with Gasteiger partial charge in [0.2, 0.25) is 5.60 Å². The van der Waals surface area contributed by atoms with Gasteiger partial charge in [0.15, 0.2) is 0 Å². The third-order valence-electron chi connectivity index (χ3n) is 5.03. The molecule has 0 aliphatic heterocycles. The van der Waals surface area contributed by atoms with Crippen molar-refractivity contribution >= 4 is 17.9 Å². The fourth-order valence-electron chi connectivity index (χ4n) is 3.41. The van der Waals surface area contributed by atoms with Crippen molar-refractivity contribution in [3.8, 4) is 0 Å². The number of hydrogen-bond acceptors (Lipinski definition) is 6. The average Bonchev–Trinajstić information content (AvgIpc) is 2.63. The van der Waals surface area contributed by atoms with Gasteiger partial charge in [-0.25, -0.2) is 9.59 Å². The van der Waals surface area contributed by atoms with Crippen LogP contribution in [0.4, 0.5) is 0 Å². The van der Waals surface area contributed by atoms with Crippen molar-refractivity contribution in [1.29, 1.82) is 0 Å². The second-order valence-corrected chi connectivity index (χ2v) is 9.31. The second-order valence-electron chi connectivity index (χ2n) is 9.31. The average molecular weight is 411 g/mol. The number of carbonyl (C=O) groups is 3. The third-order valence-corrected chi connectivity index (χ3v) is 5.03. The number of carbonyl (C=O) groups excluding carboxylic acids is 3. The number of hydrogen-bond donors (Lipinski definition) is 0. The maximum Gasteiger partial charge on any atom is 0.350 e. The molecule has 1 saturated carbocycles.